The first-order chi connectivity index (χ1) is 11.3. The number of carbonyl (C=O) groups is 1. The summed E-state index contributed by atoms with van der Waals surface area (Å²) in [5.74, 6) is 1.19. The molecule has 2 N–H and O–H groups in total. The molecule has 0 radical (unpaired) electrons. The molecule has 0 saturated heterocycles. The van der Waals surface area contributed by atoms with Crippen molar-refractivity contribution in [2.75, 3.05) is 13.2 Å². The highest BCUT2D eigenvalue weighted by molar-refractivity contribution is 5.82. The van der Waals surface area contributed by atoms with E-state index in [1.807, 2.05) is 48.5 Å². The molecule has 0 bridgehead atoms. The molecule has 1 aliphatic rings. The van der Waals surface area contributed by atoms with E-state index in [0.29, 0.717) is 24.5 Å². The topological polar surface area (TPSA) is 67.8 Å². The monoisotopic (exact) mass is 313 g/mol. The van der Waals surface area contributed by atoms with Crippen molar-refractivity contribution in [2.45, 2.75) is 19.1 Å². The van der Waals surface area contributed by atoms with Crippen LogP contribution in [0.2, 0.25) is 0 Å². The van der Waals surface area contributed by atoms with Gasteiger partial charge in [-0.3, -0.25) is 4.79 Å². The molecule has 5 heteroatoms. The number of carbonyl (C=O) groups excluding carboxylic acids is 1. The van der Waals surface area contributed by atoms with Gasteiger partial charge in [-0.2, -0.15) is 0 Å². The highest BCUT2D eigenvalue weighted by Crippen LogP contribution is 2.32. The van der Waals surface area contributed by atoms with Crippen LogP contribution in [0.15, 0.2) is 48.5 Å². The summed E-state index contributed by atoms with van der Waals surface area (Å²) in [7, 11) is 0. The zero-order valence-corrected chi connectivity index (χ0v) is 12.7. The average molecular weight is 313 g/mol. The second-order valence-electron chi connectivity index (χ2n) is 5.37. The largest absolute Gasteiger partial charge is 0.489 e. The van der Waals surface area contributed by atoms with Crippen LogP contribution in [0.5, 0.6) is 11.5 Å². The molecule has 0 fully saturated rings. The highest BCUT2D eigenvalue weighted by Gasteiger charge is 2.29. The minimum absolute atomic E-state index is 0.0805. The Kier molecular flexibility index (Phi) is 4.78. The molecule has 0 spiro atoms. The van der Waals surface area contributed by atoms with Crippen LogP contribution in [-0.2, 0) is 17.8 Å². The van der Waals surface area contributed by atoms with Gasteiger partial charge in [0.05, 0.1) is 6.61 Å². The molecule has 0 aliphatic carbocycles. The molecular formula is C18H19NO4. The Bertz CT molecular complexity index is 672. The molecule has 2 aromatic carbocycles. The number of hydrogen-bond acceptors (Lipinski definition) is 4. The molecule has 3 rings (SSSR count). The fraction of sp³-hybridized carbons (Fsp3) is 0.278. The highest BCUT2D eigenvalue weighted by atomic mass is 16.5. The lowest BCUT2D eigenvalue weighted by Crippen LogP contribution is -2.38. The van der Waals surface area contributed by atoms with Crippen LogP contribution in [-0.4, -0.2) is 30.3 Å². The summed E-state index contributed by atoms with van der Waals surface area (Å²) in [5.41, 5.74) is 2.08. The molecule has 1 aliphatic heterocycles. The molecule has 1 atom stereocenters. The van der Waals surface area contributed by atoms with Gasteiger partial charge in [-0.25, -0.2) is 0 Å². The molecule has 2 aromatic rings. The Morgan fingerprint density at radius 1 is 1.26 bits per heavy atom. The lowest BCUT2D eigenvalue weighted by molar-refractivity contribution is -0.127. The van der Waals surface area contributed by atoms with Crippen molar-refractivity contribution in [1.29, 1.82) is 0 Å². The predicted molar refractivity (Wildman–Crippen MR) is 85.4 cm³/mol. The second kappa shape index (κ2) is 7.15. The summed E-state index contributed by atoms with van der Waals surface area (Å²) in [5, 5.41) is 11.4. The maximum absolute atomic E-state index is 11.9. The average Bonchev–Trinajstić information content (AvgIpc) is 3.02. The van der Waals surface area contributed by atoms with Gasteiger partial charge in [-0.15, -0.1) is 0 Å². The molecule has 5 nitrogen and oxygen atoms in total. The quantitative estimate of drug-likeness (QED) is 0.851. The summed E-state index contributed by atoms with van der Waals surface area (Å²) in [6.07, 6.45) is -0.00752. The molecule has 0 saturated carbocycles. The second-order valence-corrected chi connectivity index (χ2v) is 5.37. The molecule has 120 valence electrons. The fourth-order valence-electron chi connectivity index (χ4n) is 2.48. The molecule has 1 heterocycles. The lowest BCUT2D eigenvalue weighted by Gasteiger charge is -2.11. The third-order valence-electron chi connectivity index (χ3n) is 3.66. The van der Waals surface area contributed by atoms with E-state index in [4.69, 9.17) is 14.6 Å². The Morgan fingerprint density at radius 2 is 2.09 bits per heavy atom. The van der Waals surface area contributed by atoms with Gasteiger partial charge in [0.1, 0.15) is 18.1 Å². The first kappa shape index (κ1) is 15.4. The SMILES string of the molecule is O=C(NCCO)C1Cc2ccc(OCc3ccccc3)cc2O1. The van der Waals surface area contributed by atoms with Gasteiger partial charge in [0.15, 0.2) is 6.10 Å². The van der Waals surface area contributed by atoms with Gasteiger partial charge in [-0.05, 0) is 17.2 Å². The molecule has 1 unspecified atom stereocenters. The van der Waals surface area contributed by atoms with Crippen molar-refractivity contribution in [3.8, 4) is 11.5 Å². The van der Waals surface area contributed by atoms with Crippen molar-refractivity contribution in [3.05, 3.63) is 59.7 Å². The van der Waals surface area contributed by atoms with Crippen LogP contribution in [0.4, 0.5) is 0 Å². The number of amides is 1. The Labute approximate surface area is 134 Å². The number of hydrogen-bond donors (Lipinski definition) is 2. The summed E-state index contributed by atoms with van der Waals surface area (Å²) in [6.45, 7) is 0.642. The van der Waals surface area contributed by atoms with Crippen LogP contribution in [0.25, 0.3) is 0 Å². The number of nitrogens with one attached hydrogen (secondary N) is 1. The predicted octanol–water partition coefficient (Wildman–Crippen LogP) is 1.68. The lowest BCUT2D eigenvalue weighted by atomic mass is 10.1. The zero-order valence-electron chi connectivity index (χ0n) is 12.7. The van der Waals surface area contributed by atoms with Gasteiger partial charge in [0.25, 0.3) is 5.91 Å². The minimum Gasteiger partial charge on any atom is -0.489 e. The summed E-state index contributed by atoms with van der Waals surface area (Å²) < 4.78 is 11.4. The van der Waals surface area contributed by atoms with Crippen LogP contribution in [0.1, 0.15) is 11.1 Å². The summed E-state index contributed by atoms with van der Waals surface area (Å²) in [6, 6.07) is 15.6. The van der Waals surface area contributed by atoms with Crippen molar-refractivity contribution < 1.29 is 19.4 Å². The van der Waals surface area contributed by atoms with Crippen LogP contribution < -0.4 is 14.8 Å². The van der Waals surface area contributed by atoms with Gasteiger partial charge in [0, 0.05) is 19.0 Å². The Morgan fingerprint density at radius 3 is 2.87 bits per heavy atom. The first-order valence-corrected chi connectivity index (χ1v) is 7.61. The third-order valence-corrected chi connectivity index (χ3v) is 3.66. The van der Waals surface area contributed by atoms with Gasteiger partial charge < -0.3 is 19.9 Å². The van der Waals surface area contributed by atoms with E-state index in [1.54, 1.807) is 0 Å². The normalized spacial score (nSPS) is 15.6. The van der Waals surface area contributed by atoms with Crippen LogP contribution >= 0.6 is 0 Å². The smallest absolute Gasteiger partial charge is 0.261 e. The first-order valence-electron chi connectivity index (χ1n) is 7.61. The Hall–Kier alpha value is -2.53. The number of benzene rings is 2. The standard InChI is InChI=1S/C18H19NO4/c20-9-8-19-18(21)17-10-14-6-7-15(11-16(14)23-17)22-12-13-4-2-1-3-5-13/h1-7,11,17,20H,8-10,12H2,(H,19,21). The number of aliphatic hydroxyl groups is 1. The van der Waals surface area contributed by atoms with Gasteiger partial charge in [-0.1, -0.05) is 36.4 Å². The maximum atomic E-state index is 11.9. The molecular weight excluding hydrogens is 294 g/mol. The number of aliphatic hydroxyl groups excluding tert-OH is 1. The van der Waals surface area contributed by atoms with Gasteiger partial charge >= 0.3 is 0 Å². The summed E-state index contributed by atoms with van der Waals surface area (Å²) >= 11 is 0. The van der Waals surface area contributed by atoms with E-state index in [1.165, 1.54) is 0 Å². The third kappa shape index (κ3) is 3.81. The number of rotatable bonds is 6. The van der Waals surface area contributed by atoms with Crippen molar-refractivity contribution in [1.82, 2.24) is 5.32 Å². The van der Waals surface area contributed by atoms with Crippen LogP contribution in [0.3, 0.4) is 0 Å². The van der Waals surface area contributed by atoms with E-state index in [0.717, 1.165) is 11.1 Å². The summed E-state index contributed by atoms with van der Waals surface area (Å²) in [4.78, 5) is 11.9. The van der Waals surface area contributed by atoms with E-state index in [-0.39, 0.29) is 19.1 Å². The maximum Gasteiger partial charge on any atom is 0.261 e. The van der Waals surface area contributed by atoms with E-state index >= 15 is 0 Å². The van der Waals surface area contributed by atoms with Crippen LogP contribution in [0, 0.1) is 0 Å². The molecule has 0 aromatic heterocycles. The van der Waals surface area contributed by atoms with Crippen molar-refractivity contribution in [3.63, 3.8) is 0 Å². The minimum atomic E-state index is -0.541. The van der Waals surface area contributed by atoms with E-state index in [9.17, 15) is 4.79 Å². The molecule has 23 heavy (non-hydrogen) atoms. The fourth-order valence-corrected chi connectivity index (χ4v) is 2.48. The zero-order chi connectivity index (χ0) is 16.1. The number of ether oxygens (including phenoxy) is 2. The van der Waals surface area contributed by atoms with E-state index < -0.39 is 6.10 Å². The number of fused-ring (bicyclic) bond motifs is 1. The van der Waals surface area contributed by atoms with Crippen molar-refractivity contribution in [2.24, 2.45) is 0 Å². The van der Waals surface area contributed by atoms with E-state index in [2.05, 4.69) is 5.32 Å². The van der Waals surface area contributed by atoms with Crippen molar-refractivity contribution >= 4 is 5.91 Å². The van der Waals surface area contributed by atoms with Gasteiger partial charge in [0.2, 0.25) is 0 Å². The Balaban J connectivity index is 1.60. The molecule has 1 amide bonds.